The maximum absolute atomic E-state index is 13.3. The summed E-state index contributed by atoms with van der Waals surface area (Å²) in [6, 6.07) is 23.2. The molecule has 2 aromatic heterocycles. The van der Waals surface area contributed by atoms with E-state index in [1.165, 1.54) is 30.6 Å². The van der Waals surface area contributed by atoms with Gasteiger partial charge in [0.25, 0.3) is 0 Å². The molecule has 0 bridgehead atoms. The normalized spacial score (nSPS) is 11.9. The molecule has 3 N–H and O–H groups in total. The lowest BCUT2D eigenvalue weighted by Crippen LogP contribution is -2.19. The van der Waals surface area contributed by atoms with Crippen molar-refractivity contribution in [3.63, 3.8) is 0 Å². The molecule has 0 aliphatic carbocycles. The second-order valence-electron chi connectivity index (χ2n) is 8.86. The maximum atomic E-state index is 13.3. The molecule has 39 heavy (non-hydrogen) atoms. The number of primary sulfonamides is 1. The molecular weight excluding hydrogens is 524 g/mol. The summed E-state index contributed by atoms with van der Waals surface area (Å²) in [7, 11) is -3.98. The van der Waals surface area contributed by atoms with Crippen LogP contribution < -0.4 is 15.2 Å². The van der Waals surface area contributed by atoms with E-state index in [1.807, 2.05) is 48.5 Å². The van der Waals surface area contributed by atoms with E-state index in [0.29, 0.717) is 34.9 Å². The highest BCUT2D eigenvalue weighted by atomic mass is 32.2. The predicted molar refractivity (Wildman–Crippen MR) is 145 cm³/mol. The summed E-state index contributed by atoms with van der Waals surface area (Å²) in [6.45, 7) is 0.932. The van der Waals surface area contributed by atoms with Gasteiger partial charge >= 0.3 is 6.11 Å². The van der Waals surface area contributed by atoms with E-state index in [2.05, 4.69) is 20.5 Å². The third-order valence-electron chi connectivity index (χ3n) is 5.86. The Labute approximate surface area is 223 Å². The van der Waals surface area contributed by atoms with Gasteiger partial charge in [0.1, 0.15) is 16.3 Å². The smallest absolute Gasteiger partial charge is 0.394 e. The molecule has 0 aliphatic rings. The fourth-order valence-electron chi connectivity index (χ4n) is 4.22. The Morgan fingerprint density at radius 3 is 2.44 bits per heavy atom. The van der Waals surface area contributed by atoms with E-state index >= 15 is 0 Å². The number of sulfonamides is 1. The zero-order chi connectivity index (χ0) is 27.6. The molecule has 0 fully saturated rings. The number of hydrogen-bond donors (Lipinski definition) is 2. The summed E-state index contributed by atoms with van der Waals surface area (Å²) in [5.74, 6) is 0.496. The number of nitrogens with one attached hydrogen (secondary N) is 1. The number of anilines is 1. The molecule has 0 radical (unpaired) electrons. The van der Waals surface area contributed by atoms with Gasteiger partial charge in [-0.25, -0.2) is 13.6 Å². The largest absolute Gasteiger partial charge is 0.433 e. The summed E-state index contributed by atoms with van der Waals surface area (Å²) in [5, 5.41) is 18.9. The van der Waals surface area contributed by atoms with Gasteiger partial charge in [-0.3, -0.25) is 4.98 Å². The lowest BCUT2D eigenvalue weighted by molar-refractivity contribution is -0.158. The molecule has 0 unspecified atom stereocenters. The van der Waals surface area contributed by atoms with E-state index in [-0.39, 0.29) is 17.2 Å². The van der Waals surface area contributed by atoms with Gasteiger partial charge in [0.05, 0.1) is 0 Å². The van der Waals surface area contributed by atoms with E-state index in [0.717, 1.165) is 16.5 Å². The fraction of sp³-hybridized carbons (Fsp3) is 0.107. The molecule has 0 atom stereocenters. The van der Waals surface area contributed by atoms with Crippen molar-refractivity contribution in [2.75, 3.05) is 5.32 Å². The summed E-state index contributed by atoms with van der Waals surface area (Å²) in [6.07, 6.45) is -0.634. The Balaban J connectivity index is 1.61. The quantitative estimate of drug-likeness (QED) is 0.259. The number of nitrogens with two attached hydrogens (primary N) is 1. The number of pyridine rings is 1. The van der Waals surface area contributed by atoms with Crippen molar-refractivity contribution in [1.29, 1.82) is 0 Å². The highest BCUT2D eigenvalue weighted by molar-refractivity contribution is 7.89. The van der Waals surface area contributed by atoms with Crippen LogP contribution in [-0.4, -0.2) is 29.7 Å². The summed E-state index contributed by atoms with van der Waals surface area (Å²) < 4.78 is 55.2. The molecule has 8 nitrogen and oxygen atoms in total. The second kappa shape index (κ2) is 10.4. The molecular formula is C28H23F2N5O3S. The van der Waals surface area contributed by atoms with E-state index in [4.69, 9.17) is 9.88 Å². The molecule has 3 aromatic carbocycles. The van der Waals surface area contributed by atoms with Gasteiger partial charge < -0.3 is 10.1 Å². The number of ether oxygens (including phenoxy) is 1. The van der Waals surface area contributed by atoms with Gasteiger partial charge in [-0.15, -0.1) is 10.2 Å². The minimum absolute atomic E-state index is 0.0419. The van der Waals surface area contributed by atoms with Crippen LogP contribution in [0.25, 0.3) is 33.2 Å². The van der Waals surface area contributed by atoms with Gasteiger partial charge in [0.15, 0.2) is 5.82 Å². The zero-order valence-electron chi connectivity index (χ0n) is 20.7. The van der Waals surface area contributed by atoms with Crippen LogP contribution in [0.2, 0.25) is 0 Å². The number of nitrogens with zero attached hydrogens (tertiary/aromatic N) is 3. The Kier molecular flexibility index (Phi) is 6.94. The number of aromatic nitrogens is 3. The molecule has 2 heterocycles. The van der Waals surface area contributed by atoms with Crippen LogP contribution in [0, 0.1) is 0 Å². The fourth-order valence-corrected chi connectivity index (χ4v) is 4.72. The number of fused-ring (bicyclic) bond motifs is 1. The molecule has 5 aromatic rings. The first-order valence-electron chi connectivity index (χ1n) is 11.8. The lowest BCUT2D eigenvalue weighted by atomic mass is 9.96. The van der Waals surface area contributed by atoms with Crippen LogP contribution in [-0.2, 0) is 16.6 Å². The number of benzene rings is 3. The third kappa shape index (κ3) is 6.00. The molecule has 0 saturated heterocycles. The highest BCUT2D eigenvalue weighted by Gasteiger charge is 2.23. The Hall–Kier alpha value is -4.48. The van der Waals surface area contributed by atoms with Crippen molar-refractivity contribution in [2.24, 2.45) is 5.14 Å². The number of rotatable bonds is 8. The Morgan fingerprint density at radius 1 is 0.923 bits per heavy atom. The van der Waals surface area contributed by atoms with E-state index in [1.54, 1.807) is 12.1 Å². The average molecular weight is 548 g/mol. The average Bonchev–Trinajstić information content (AvgIpc) is 2.91. The van der Waals surface area contributed by atoms with Gasteiger partial charge in [0.2, 0.25) is 10.0 Å². The first-order valence-corrected chi connectivity index (χ1v) is 13.4. The molecule has 11 heteroatoms. The van der Waals surface area contributed by atoms with Crippen molar-refractivity contribution in [2.45, 2.75) is 24.5 Å². The maximum Gasteiger partial charge on any atom is 0.394 e. The van der Waals surface area contributed by atoms with Gasteiger partial charge in [-0.05, 0) is 34.9 Å². The molecule has 0 saturated carbocycles. The van der Waals surface area contributed by atoms with Crippen LogP contribution in [0.15, 0.2) is 96.2 Å². The van der Waals surface area contributed by atoms with Gasteiger partial charge in [-0.2, -0.15) is 8.78 Å². The van der Waals surface area contributed by atoms with Crippen LogP contribution in [0.5, 0.6) is 5.75 Å². The van der Waals surface area contributed by atoms with Crippen molar-refractivity contribution in [3.8, 4) is 28.1 Å². The van der Waals surface area contributed by atoms with Gasteiger partial charge in [0, 0.05) is 42.2 Å². The summed E-state index contributed by atoms with van der Waals surface area (Å²) >= 11 is 0. The monoisotopic (exact) mass is 547 g/mol. The minimum Gasteiger partial charge on any atom is -0.433 e. The lowest BCUT2D eigenvalue weighted by Gasteiger charge is -2.16. The van der Waals surface area contributed by atoms with E-state index in [9.17, 15) is 17.2 Å². The van der Waals surface area contributed by atoms with Crippen molar-refractivity contribution in [3.05, 3.63) is 96.8 Å². The standard InChI is InChI=1S/C28H23F2N5O3S/c1-28(29,30)38-21-10-5-7-18(13-21)15-33-27-25-23(19-8-3-2-4-9-19)11-6-12-24(25)26(34-35-27)20-14-22(17-32-16-20)39(31,36)37/h2-14,16-17H,15H2,1H3,(H,33,35)(H2,31,36,37). The predicted octanol–water partition coefficient (Wildman–Crippen LogP) is 5.61. The molecule has 198 valence electrons. The molecule has 5 rings (SSSR count). The first-order chi connectivity index (χ1) is 18.6. The number of alkyl halides is 2. The SMILES string of the molecule is CC(F)(F)Oc1cccc(CNc2nnc(-c3cncc(S(N)(=O)=O)c3)c3cccc(-c4ccccc4)c23)c1. The number of halogens is 2. The topological polar surface area (TPSA) is 120 Å². The Bertz CT molecular complexity index is 1760. The summed E-state index contributed by atoms with van der Waals surface area (Å²) in [5.41, 5.74) is 3.35. The second-order valence-corrected chi connectivity index (χ2v) is 10.4. The van der Waals surface area contributed by atoms with Crippen LogP contribution in [0.4, 0.5) is 14.6 Å². The van der Waals surface area contributed by atoms with Crippen molar-refractivity contribution < 1.29 is 21.9 Å². The van der Waals surface area contributed by atoms with E-state index < -0.39 is 16.1 Å². The zero-order valence-corrected chi connectivity index (χ0v) is 21.5. The summed E-state index contributed by atoms with van der Waals surface area (Å²) in [4.78, 5) is 3.90. The third-order valence-corrected chi connectivity index (χ3v) is 6.74. The van der Waals surface area contributed by atoms with Gasteiger partial charge in [-0.1, -0.05) is 60.7 Å². The van der Waals surface area contributed by atoms with Crippen LogP contribution >= 0.6 is 0 Å². The number of hydrogen-bond acceptors (Lipinski definition) is 7. The highest BCUT2D eigenvalue weighted by Crippen LogP contribution is 2.37. The molecule has 0 aliphatic heterocycles. The molecule has 0 spiro atoms. The van der Waals surface area contributed by atoms with Crippen LogP contribution in [0.3, 0.4) is 0 Å². The van der Waals surface area contributed by atoms with Crippen LogP contribution in [0.1, 0.15) is 12.5 Å². The first kappa shape index (κ1) is 26.1. The van der Waals surface area contributed by atoms with Crippen molar-refractivity contribution >= 4 is 26.6 Å². The Morgan fingerprint density at radius 2 is 1.69 bits per heavy atom. The minimum atomic E-state index is -3.98. The van der Waals surface area contributed by atoms with Crippen molar-refractivity contribution in [1.82, 2.24) is 15.2 Å². The molecule has 0 amide bonds.